The molecular formula is C12H22N2O2. The summed E-state index contributed by atoms with van der Waals surface area (Å²) in [4.78, 5) is 11.8. The lowest BCUT2D eigenvalue weighted by Crippen LogP contribution is -2.37. The van der Waals surface area contributed by atoms with Gasteiger partial charge in [0.25, 0.3) is 0 Å². The second-order valence-corrected chi connectivity index (χ2v) is 4.93. The van der Waals surface area contributed by atoms with Gasteiger partial charge in [-0.25, -0.2) is 0 Å². The zero-order valence-corrected chi connectivity index (χ0v) is 10.00. The fraction of sp³-hybridized carbons (Fsp3) is 0.917. The highest BCUT2D eigenvalue weighted by Gasteiger charge is 2.26. The second kappa shape index (κ2) is 5.64. The van der Waals surface area contributed by atoms with E-state index in [1.54, 1.807) is 7.11 Å². The molecule has 4 heteroatoms. The maximum absolute atomic E-state index is 11.8. The van der Waals surface area contributed by atoms with Gasteiger partial charge in [-0.3, -0.25) is 4.79 Å². The normalized spacial score (nSPS) is 34.2. The van der Waals surface area contributed by atoms with E-state index in [1.807, 2.05) is 0 Å². The summed E-state index contributed by atoms with van der Waals surface area (Å²) < 4.78 is 5.29. The Morgan fingerprint density at radius 2 is 2.31 bits per heavy atom. The first-order chi connectivity index (χ1) is 7.78. The van der Waals surface area contributed by atoms with Crippen molar-refractivity contribution in [3.8, 4) is 0 Å². The first kappa shape index (κ1) is 11.9. The number of carbonyl (C=O) groups is 1. The Balaban J connectivity index is 1.67. The average molecular weight is 226 g/mol. The van der Waals surface area contributed by atoms with Crippen LogP contribution in [0.1, 0.15) is 38.5 Å². The van der Waals surface area contributed by atoms with Crippen LogP contribution in [0, 0.1) is 0 Å². The van der Waals surface area contributed by atoms with Crippen LogP contribution in [0.5, 0.6) is 0 Å². The third kappa shape index (κ3) is 3.19. The number of carbonyl (C=O) groups excluding carboxylic acids is 1. The summed E-state index contributed by atoms with van der Waals surface area (Å²) in [6, 6.07) is 0.735. The highest BCUT2D eigenvalue weighted by molar-refractivity contribution is 5.77. The highest BCUT2D eigenvalue weighted by Crippen LogP contribution is 2.21. The minimum Gasteiger partial charge on any atom is -0.381 e. The van der Waals surface area contributed by atoms with Gasteiger partial charge in [0.15, 0.2) is 0 Å². The van der Waals surface area contributed by atoms with E-state index in [1.165, 1.54) is 6.42 Å². The van der Waals surface area contributed by atoms with Crippen molar-refractivity contribution < 1.29 is 9.53 Å². The summed E-state index contributed by atoms with van der Waals surface area (Å²) in [5.74, 6) is 0.196. The molecular weight excluding hydrogens is 204 g/mol. The largest absolute Gasteiger partial charge is 0.381 e. The molecule has 0 spiro atoms. The van der Waals surface area contributed by atoms with E-state index in [-0.39, 0.29) is 5.91 Å². The fourth-order valence-electron chi connectivity index (χ4n) is 2.73. The molecule has 92 valence electrons. The molecule has 3 atom stereocenters. The minimum absolute atomic E-state index is 0.196. The molecule has 3 unspecified atom stereocenters. The maximum atomic E-state index is 11.8. The zero-order valence-electron chi connectivity index (χ0n) is 10.00. The van der Waals surface area contributed by atoms with Gasteiger partial charge in [-0.2, -0.15) is 0 Å². The Morgan fingerprint density at radius 1 is 1.44 bits per heavy atom. The van der Waals surface area contributed by atoms with Crippen LogP contribution in [-0.2, 0) is 9.53 Å². The molecule has 1 saturated carbocycles. The molecule has 1 aliphatic heterocycles. The molecule has 1 heterocycles. The summed E-state index contributed by atoms with van der Waals surface area (Å²) in [6.45, 7) is 1.06. The van der Waals surface area contributed by atoms with Crippen LogP contribution in [-0.4, -0.2) is 37.7 Å². The first-order valence-corrected chi connectivity index (χ1v) is 6.33. The van der Waals surface area contributed by atoms with E-state index in [9.17, 15) is 4.79 Å². The van der Waals surface area contributed by atoms with Gasteiger partial charge in [0.2, 0.25) is 5.91 Å². The van der Waals surface area contributed by atoms with Gasteiger partial charge in [0.05, 0.1) is 6.10 Å². The Labute approximate surface area is 97.1 Å². The lowest BCUT2D eigenvalue weighted by atomic mass is 10.1. The van der Waals surface area contributed by atoms with Crippen LogP contribution in [0.3, 0.4) is 0 Å². The topological polar surface area (TPSA) is 50.4 Å². The van der Waals surface area contributed by atoms with Gasteiger partial charge in [-0.05, 0) is 38.6 Å². The van der Waals surface area contributed by atoms with Gasteiger partial charge in [0, 0.05) is 25.6 Å². The molecule has 0 aromatic rings. The first-order valence-electron chi connectivity index (χ1n) is 6.33. The van der Waals surface area contributed by atoms with Gasteiger partial charge in [-0.1, -0.05) is 0 Å². The second-order valence-electron chi connectivity index (χ2n) is 4.93. The molecule has 4 nitrogen and oxygen atoms in total. The number of ether oxygens (including phenoxy) is 1. The molecule has 0 radical (unpaired) electrons. The predicted octanol–water partition coefficient (Wildman–Crippen LogP) is 0.812. The molecule has 2 fully saturated rings. The lowest BCUT2D eigenvalue weighted by Gasteiger charge is -2.15. The molecule has 0 aromatic carbocycles. The SMILES string of the molecule is COC1CCC(NC(=O)CC2CCCN2)C1. The van der Waals surface area contributed by atoms with Crippen LogP contribution >= 0.6 is 0 Å². The van der Waals surface area contributed by atoms with Crippen molar-refractivity contribution in [2.24, 2.45) is 0 Å². The minimum atomic E-state index is 0.196. The molecule has 2 rings (SSSR count). The maximum Gasteiger partial charge on any atom is 0.221 e. The Morgan fingerprint density at radius 3 is 2.94 bits per heavy atom. The van der Waals surface area contributed by atoms with Crippen molar-refractivity contribution >= 4 is 5.91 Å². The van der Waals surface area contributed by atoms with Crippen LogP contribution in [0.15, 0.2) is 0 Å². The molecule has 2 N–H and O–H groups in total. The molecule has 2 aliphatic rings. The van der Waals surface area contributed by atoms with E-state index in [0.29, 0.717) is 24.6 Å². The smallest absolute Gasteiger partial charge is 0.221 e. The quantitative estimate of drug-likeness (QED) is 0.746. The number of hydrogen-bond acceptors (Lipinski definition) is 3. The highest BCUT2D eigenvalue weighted by atomic mass is 16.5. The van der Waals surface area contributed by atoms with Crippen molar-refractivity contribution in [1.29, 1.82) is 0 Å². The standard InChI is InChI=1S/C12H22N2O2/c1-16-11-5-4-10(7-11)14-12(15)8-9-3-2-6-13-9/h9-11,13H,2-8H2,1H3,(H,14,15). The van der Waals surface area contributed by atoms with Gasteiger partial charge in [0.1, 0.15) is 0 Å². The van der Waals surface area contributed by atoms with Crippen molar-refractivity contribution in [1.82, 2.24) is 10.6 Å². The van der Waals surface area contributed by atoms with Crippen LogP contribution in [0.2, 0.25) is 0 Å². The monoisotopic (exact) mass is 226 g/mol. The van der Waals surface area contributed by atoms with Crippen molar-refractivity contribution in [2.45, 2.75) is 56.7 Å². The molecule has 0 aromatic heterocycles. The van der Waals surface area contributed by atoms with E-state index in [2.05, 4.69) is 10.6 Å². The average Bonchev–Trinajstić information content (AvgIpc) is 2.89. The van der Waals surface area contributed by atoms with Crippen molar-refractivity contribution in [3.63, 3.8) is 0 Å². The third-order valence-electron chi connectivity index (χ3n) is 3.68. The van der Waals surface area contributed by atoms with E-state index < -0.39 is 0 Å². The number of amides is 1. The lowest BCUT2D eigenvalue weighted by molar-refractivity contribution is -0.122. The molecule has 1 saturated heterocycles. The summed E-state index contributed by atoms with van der Waals surface area (Å²) in [6.07, 6.45) is 6.42. The molecule has 0 bridgehead atoms. The summed E-state index contributed by atoms with van der Waals surface area (Å²) in [7, 11) is 1.75. The molecule has 16 heavy (non-hydrogen) atoms. The summed E-state index contributed by atoms with van der Waals surface area (Å²) in [5.41, 5.74) is 0. The summed E-state index contributed by atoms with van der Waals surface area (Å²) >= 11 is 0. The zero-order chi connectivity index (χ0) is 11.4. The van der Waals surface area contributed by atoms with Crippen LogP contribution in [0.4, 0.5) is 0 Å². The third-order valence-corrected chi connectivity index (χ3v) is 3.68. The summed E-state index contributed by atoms with van der Waals surface area (Å²) in [5, 5.41) is 6.46. The number of nitrogens with one attached hydrogen (secondary N) is 2. The predicted molar refractivity (Wildman–Crippen MR) is 62.2 cm³/mol. The Kier molecular flexibility index (Phi) is 4.18. The van der Waals surface area contributed by atoms with Crippen molar-refractivity contribution in [2.75, 3.05) is 13.7 Å². The van der Waals surface area contributed by atoms with Crippen LogP contribution < -0.4 is 10.6 Å². The van der Waals surface area contributed by atoms with E-state index >= 15 is 0 Å². The Bertz CT molecular complexity index is 239. The Hall–Kier alpha value is -0.610. The van der Waals surface area contributed by atoms with E-state index in [0.717, 1.165) is 32.2 Å². The van der Waals surface area contributed by atoms with Gasteiger partial charge < -0.3 is 15.4 Å². The van der Waals surface area contributed by atoms with Crippen molar-refractivity contribution in [3.05, 3.63) is 0 Å². The fourth-order valence-corrected chi connectivity index (χ4v) is 2.73. The molecule has 1 aliphatic carbocycles. The number of hydrogen-bond donors (Lipinski definition) is 2. The van der Waals surface area contributed by atoms with Gasteiger partial charge >= 0.3 is 0 Å². The van der Waals surface area contributed by atoms with Gasteiger partial charge in [-0.15, -0.1) is 0 Å². The van der Waals surface area contributed by atoms with Crippen LogP contribution in [0.25, 0.3) is 0 Å². The number of methoxy groups -OCH3 is 1. The molecule has 1 amide bonds. The number of rotatable bonds is 4. The van der Waals surface area contributed by atoms with E-state index in [4.69, 9.17) is 4.74 Å².